The SMILES string of the molecule is C/C(=N/OCc1ccc(-n2cccn2)cc1)c1nc2ccccc2n1C(F)F. The molecule has 0 unspecified atom stereocenters. The van der Waals surface area contributed by atoms with E-state index in [1.165, 1.54) is 0 Å². The van der Waals surface area contributed by atoms with Crippen molar-refractivity contribution in [2.24, 2.45) is 5.16 Å². The molecule has 142 valence electrons. The maximum atomic E-state index is 13.5. The first kappa shape index (κ1) is 17.8. The summed E-state index contributed by atoms with van der Waals surface area (Å²) in [6.45, 7) is -0.908. The van der Waals surface area contributed by atoms with Crippen molar-refractivity contribution >= 4 is 16.7 Å². The lowest BCUT2D eigenvalue weighted by atomic mass is 10.2. The molecular formula is C20H17F2N5O. The highest BCUT2D eigenvalue weighted by Gasteiger charge is 2.19. The molecule has 0 amide bonds. The van der Waals surface area contributed by atoms with Crippen molar-refractivity contribution in [3.05, 3.63) is 78.4 Å². The summed E-state index contributed by atoms with van der Waals surface area (Å²) in [5, 5.41) is 8.15. The summed E-state index contributed by atoms with van der Waals surface area (Å²) in [6.07, 6.45) is 3.56. The van der Waals surface area contributed by atoms with Crippen molar-refractivity contribution in [1.29, 1.82) is 0 Å². The minimum Gasteiger partial charge on any atom is -0.391 e. The van der Waals surface area contributed by atoms with Crippen molar-refractivity contribution in [1.82, 2.24) is 19.3 Å². The number of benzene rings is 2. The molecule has 0 fully saturated rings. The number of imidazole rings is 1. The monoisotopic (exact) mass is 381 g/mol. The van der Waals surface area contributed by atoms with Crippen LogP contribution in [0.1, 0.15) is 24.9 Å². The molecule has 0 N–H and O–H groups in total. The summed E-state index contributed by atoms with van der Waals surface area (Å²) in [4.78, 5) is 9.63. The lowest BCUT2D eigenvalue weighted by molar-refractivity contribution is 0.0736. The van der Waals surface area contributed by atoms with E-state index in [9.17, 15) is 8.78 Å². The maximum absolute atomic E-state index is 13.5. The largest absolute Gasteiger partial charge is 0.391 e. The van der Waals surface area contributed by atoms with Gasteiger partial charge in [-0.3, -0.25) is 4.57 Å². The molecule has 2 aromatic carbocycles. The number of para-hydroxylation sites is 2. The van der Waals surface area contributed by atoms with Crippen LogP contribution in [-0.2, 0) is 11.4 Å². The Morgan fingerprint density at radius 3 is 2.61 bits per heavy atom. The van der Waals surface area contributed by atoms with Crippen LogP contribution in [-0.4, -0.2) is 25.0 Å². The predicted molar refractivity (Wildman–Crippen MR) is 102 cm³/mol. The van der Waals surface area contributed by atoms with E-state index in [2.05, 4.69) is 15.2 Å². The summed E-state index contributed by atoms with van der Waals surface area (Å²) < 4.78 is 29.6. The first-order chi connectivity index (χ1) is 13.6. The van der Waals surface area contributed by atoms with Gasteiger partial charge in [0.05, 0.1) is 16.7 Å². The molecule has 8 heteroatoms. The molecular weight excluding hydrogens is 364 g/mol. The van der Waals surface area contributed by atoms with E-state index in [0.717, 1.165) is 15.8 Å². The van der Waals surface area contributed by atoms with Crippen LogP contribution in [0, 0.1) is 0 Å². The minimum atomic E-state index is -2.72. The maximum Gasteiger partial charge on any atom is 0.320 e. The average Bonchev–Trinajstić information content (AvgIpc) is 3.36. The Bertz CT molecular complexity index is 1100. The van der Waals surface area contributed by atoms with E-state index in [4.69, 9.17) is 4.84 Å². The van der Waals surface area contributed by atoms with Crippen LogP contribution in [0.5, 0.6) is 0 Å². The average molecular weight is 381 g/mol. The van der Waals surface area contributed by atoms with Crippen LogP contribution >= 0.6 is 0 Å². The third kappa shape index (κ3) is 3.48. The summed E-state index contributed by atoms with van der Waals surface area (Å²) >= 11 is 0. The third-order valence-electron chi connectivity index (χ3n) is 4.25. The molecule has 0 aliphatic rings. The molecule has 0 radical (unpaired) electrons. The van der Waals surface area contributed by atoms with E-state index in [1.54, 1.807) is 42.1 Å². The van der Waals surface area contributed by atoms with Crippen molar-refractivity contribution in [2.75, 3.05) is 0 Å². The summed E-state index contributed by atoms with van der Waals surface area (Å²) in [5.41, 5.74) is 2.95. The van der Waals surface area contributed by atoms with Gasteiger partial charge in [0.2, 0.25) is 0 Å². The summed E-state index contributed by atoms with van der Waals surface area (Å²) in [7, 11) is 0. The molecule has 28 heavy (non-hydrogen) atoms. The second kappa shape index (κ2) is 7.59. The second-order valence-electron chi connectivity index (χ2n) is 6.14. The van der Waals surface area contributed by atoms with E-state index in [1.807, 2.05) is 36.5 Å². The van der Waals surface area contributed by atoms with Crippen LogP contribution in [0.15, 0.2) is 72.1 Å². The predicted octanol–water partition coefficient (Wildman–Crippen LogP) is 4.56. The zero-order valence-electron chi connectivity index (χ0n) is 15.0. The van der Waals surface area contributed by atoms with Crippen molar-refractivity contribution < 1.29 is 13.6 Å². The fraction of sp³-hybridized carbons (Fsp3) is 0.150. The van der Waals surface area contributed by atoms with Gasteiger partial charge < -0.3 is 4.84 Å². The van der Waals surface area contributed by atoms with Gasteiger partial charge in [0, 0.05) is 12.4 Å². The van der Waals surface area contributed by atoms with E-state index in [0.29, 0.717) is 11.0 Å². The molecule has 0 saturated carbocycles. The van der Waals surface area contributed by atoms with Crippen molar-refractivity contribution in [2.45, 2.75) is 20.1 Å². The zero-order chi connectivity index (χ0) is 19.5. The number of fused-ring (bicyclic) bond motifs is 1. The molecule has 6 nitrogen and oxygen atoms in total. The molecule has 0 spiro atoms. The lowest BCUT2D eigenvalue weighted by Gasteiger charge is -2.07. The molecule has 4 aromatic rings. The number of oxime groups is 1. The fourth-order valence-electron chi connectivity index (χ4n) is 2.91. The van der Waals surface area contributed by atoms with Crippen LogP contribution in [0.4, 0.5) is 8.78 Å². The van der Waals surface area contributed by atoms with Crippen LogP contribution in [0.25, 0.3) is 16.7 Å². The van der Waals surface area contributed by atoms with Crippen molar-refractivity contribution in [3.63, 3.8) is 0 Å². The summed E-state index contributed by atoms with van der Waals surface area (Å²) in [6, 6.07) is 16.2. The van der Waals surface area contributed by atoms with Gasteiger partial charge in [-0.2, -0.15) is 13.9 Å². The highest BCUT2D eigenvalue weighted by Crippen LogP contribution is 2.23. The third-order valence-corrected chi connectivity index (χ3v) is 4.25. The molecule has 4 rings (SSSR count). The quantitative estimate of drug-likeness (QED) is 0.363. The van der Waals surface area contributed by atoms with Crippen molar-refractivity contribution in [3.8, 4) is 5.69 Å². The van der Waals surface area contributed by atoms with Crippen LogP contribution in [0.2, 0.25) is 0 Å². The molecule has 2 heterocycles. The van der Waals surface area contributed by atoms with Gasteiger partial charge >= 0.3 is 6.55 Å². The van der Waals surface area contributed by atoms with Gasteiger partial charge in [-0.05, 0) is 42.8 Å². The standard InChI is InChI=1S/C20H17F2N5O/c1-14(19-24-17-5-2-3-6-18(17)27(19)20(21)22)25-28-13-15-7-9-16(10-8-15)26-12-4-11-23-26/h2-12,20H,13H2,1H3/b25-14-. The zero-order valence-corrected chi connectivity index (χ0v) is 15.0. The van der Waals surface area contributed by atoms with Gasteiger partial charge in [0.25, 0.3) is 0 Å². The Labute approximate surface area is 159 Å². The highest BCUT2D eigenvalue weighted by atomic mass is 19.3. The Morgan fingerprint density at radius 1 is 1.11 bits per heavy atom. The Hall–Kier alpha value is -3.55. The van der Waals surface area contributed by atoms with Crippen LogP contribution < -0.4 is 0 Å². The molecule has 0 aliphatic carbocycles. The molecule has 0 bridgehead atoms. The van der Waals surface area contributed by atoms with E-state index in [-0.39, 0.29) is 18.1 Å². The minimum absolute atomic E-state index is 0.0882. The molecule has 0 saturated heterocycles. The normalized spacial score (nSPS) is 12.1. The second-order valence-corrected chi connectivity index (χ2v) is 6.14. The number of alkyl halides is 2. The Kier molecular flexibility index (Phi) is 4.84. The Morgan fingerprint density at radius 2 is 1.89 bits per heavy atom. The topological polar surface area (TPSA) is 57.2 Å². The number of hydrogen-bond acceptors (Lipinski definition) is 4. The van der Waals surface area contributed by atoms with Crippen LogP contribution in [0.3, 0.4) is 0 Å². The van der Waals surface area contributed by atoms with Gasteiger partial charge in [-0.25, -0.2) is 9.67 Å². The van der Waals surface area contributed by atoms with E-state index >= 15 is 0 Å². The number of nitrogens with zero attached hydrogens (tertiary/aromatic N) is 5. The van der Waals surface area contributed by atoms with Gasteiger partial charge in [0.15, 0.2) is 5.82 Å². The number of hydrogen-bond donors (Lipinski definition) is 0. The number of halogens is 2. The summed E-state index contributed by atoms with van der Waals surface area (Å²) in [5.74, 6) is 0.0882. The van der Waals surface area contributed by atoms with Gasteiger partial charge in [0.1, 0.15) is 12.3 Å². The highest BCUT2D eigenvalue weighted by molar-refractivity contribution is 5.98. The number of rotatable bonds is 6. The molecule has 0 atom stereocenters. The van der Waals surface area contributed by atoms with Gasteiger partial charge in [-0.1, -0.05) is 29.4 Å². The first-order valence-corrected chi connectivity index (χ1v) is 8.64. The lowest BCUT2D eigenvalue weighted by Crippen LogP contribution is -2.10. The smallest absolute Gasteiger partial charge is 0.320 e. The Balaban J connectivity index is 1.49. The van der Waals surface area contributed by atoms with E-state index < -0.39 is 6.55 Å². The number of aromatic nitrogens is 4. The van der Waals surface area contributed by atoms with Gasteiger partial charge in [-0.15, -0.1) is 0 Å². The molecule has 2 aromatic heterocycles. The first-order valence-electron chi connectivity index (χ1n) is 8.64. The molecule has 0 aliphatic heterocycles. The fourth-order valence-corrected chi connectivity index (χ4v) is 2.91.